The fraction of sp³-hybridized carbons (Fsp3) is 0.650. The maximum atomic E-state index is 10.2. The molecule has 1 aliphatic heterocycles. The molecule has 1 rings (SSSR count). The van der Waals surface area contributed by atoms with Gasteiger partial charge in [-0.05, 0) is 44.9 Å². The van der Waals surface area contributed by atoms with E-state index in [9.17, 15) is 15.0 Å². The van der Waals surface area contributed by atoms with Gasteiger partial charge in [0.25, 0.3) is 0 Å². The SMILES string of the molecule is CCCCC/C=C\C[C@@H]1O[C@H]1/C=C/[C@H](O)C/C=C\CCCC(=O)[O-]. The van der Waals surface area contributed by atoms with Crippen LogP contribution in [-0.2, 0) is 9.53 Å². The van der Waals surface area contributed by atoms with Crippen molar-refractivity contribution in [3.05, 3.63) is 36.5 Å². The summed E-state index contributed by atoms with van der Waals surface area (Å²) in [5.41, 5.74) is 0. The average Bonchev–Trinajstić information content (AvgIpc) is 3.30. The van der Waals surface area contributed by atoms with Gasteiger partial charge in [0.15, 0.2) is 0 Å². The summed E-state index contributed by atoms with van der Waals surface area (Å²) >= 11 is 0. The Bertz CT molecular complexity index is 425. The first-order valence-electron chi connectivity index (χ1n) is 9.15. The highest BCUT2D eigenvalue weighted by molar-refractivity contribution is 5.64. The molecule has 0 aromatic rings. The van der Waals surface area contributed by atoms with Crippen molar-refractivity contribution in [2.24, 2.45) is 0 Å². The van der Waals surface area contributed by atoms with Crippen LogP contribution >= 0.6 is 0 Å². The lowest BCUT2D eigenvalue weighted by atomic mass is 10.1. The molecule has 0 unspecified atom stereocenters. The predicted octanol–water partition coefficient (Wildman–Crippen LogP) is 3.06. The Morgan fingerprint density at radius 1 is 1.17 bits per heavy atom. The van der Waals surface area contributed by atoms with E-state index in [2.05, 4.69) is 19.1 Å². The number of aliphatic hydroxyl groups excluding tert-OH is 1. The van der Waals surface area contributed by atoms with Gasteiger partial charge in [-0.3, -0.25) is 0 Å². The van der Waals surface area contributed by atoms with Gasteiger partial charge >= 0.3 is 0 Å². The quantitative estimate of drug-likeness (QED) is 0.301. The van der Waals surface area contributed by atoms with Crippen molar-refractivity contribution in [1.82, 2.24) is 0 Å². The number of ether oxygens (including phenoxy) is 1. The summed E-state index contributed by atoms with van der Waals surface area (Å²) < 4.78 is 5.55. The molecular weight excluding hydrogens is 304 g/mol. The average molecular weight is 335 g/mol. The van der Waals surface area contributed by atoms with Crippen LogP contribution in [0.5, 0.6) is 0 Å². The van der Waals surface area contributed by atoms with Gasteiger partial charge in [-0.15, -0.1) is 0 Å². The first-order valence-corrected chi connectivity index (χ1v) is 9.15. The van der Waals surface area contributed by atoms with Crippen LogP contribution in [-0.4, -0.2) is 29.4 Å². The van der Waals surface area contributed by atoms with E-state index in [-0.39, 0.29) is 18.6 Å². The van der Waals surface area contributed by atoms with Crippen LogP contribution in [0, 0.1) is 0 Å². The molecule has 24 heavy (non-hydrogen) atoms. The van der Waals surface area contributed by atoms with Crippen LogP contribution in [0.4, 0.5) is 0 Å². The molecule has 3 atom stereocenters. The Kier molecular flexibility index (Phi) is 11.2. The summed E-state index contributed by atoms with van der Waals surface area (Å²) in [5.74, 6) is -1.01. The van der Waals surface area contributed by atoms with E-state index >= 15 is 0 Å². The van der Waals surface area contributed by atoms with Gasteiger partial charge in [0, 0.05) is 5.97 Å². The van der Waals surface area contributed by atoms with E-state index in [4.69, 9.17) is 4.74 Å². The number of rotatable bonds is 14. The van der Waals surface area contributed by atoms with E-state index < -0.39 is 12.1 Å². The third-order valence-electron chi connectivity index (χ3n) is 3.95. The third-order valence-corrected chi connectivity index (χ3v) is 3.95. The Morgan fingerprint density at radius 2 is 1.92 bits per heavy atom. The number of unbranched alkanes of at least 4 members (excludes halogenated alkanes) is 4. The predicted molar refractivity (Wildman–Crippen MR) is 94.3 cm³/mol. The molecular formula is C20H31O4-. The fourth-order valence-electron chi connectivity index (χ4n) is 2.41. The number of carbonyl (C=O) groups is 1. The van der Waals surface area contributed by atoms with Gasteiger partial charge in [-0.25, -0.2) is 0 Å². The maximum absolute atomic E-state index is 10.2. The smallest absolute Gasteiger partial charge is 0.103 e. The number of hydrogen-bond acceptors (Lipinski definition) is 4. The molecule has 136 valence electrons. The number of carboxylic acid groups (broad SMARTS) is 1. The second-order valence-corrected chi connectivity index (χ2v) is 6.27. The molecule has 0 amide bonds. The molecule has 0 radical (unpaired) electrons. The number of carboxylic acids is 1. The van der Waals surface area contributed by atoms with Crippen molar-refractivity contribution in [3.63, 3.8) is 0 Å². The zero-order valence-electron chi connectivity index (χ0n) is 14.7. The zero-order chi connectivity index (χ0) is 17.6. The number of aliphatic hydroxyl groups is 1. The molecule has 1 saturated heterocycles. The third kappa shape index (κ3) is 11.2. The molecule has 4 heteroatoms. The fourth-order valence-corrected chi connectivity index (χ4v) is 2.41. The summed E-state index contributed by atoms with van der Waals surface area (Å²) in [4.78, 5) is 10.2. The summed E-state index contributed by atoms with van der Waals surface area (Å²) in [5, 5.41) is 20.1. The van der Waals surface area contributed by atoms with Crippen molar-refractivity contribution in [3.8, 4) is 0 Å². The lowest BCUT2D eigenvalue weighted by Gasteiger charge is -2.00. The molecule has 1 N–H and O–H groups in total. The Labute approximate surface area is 145 Å². The number of aliphatic carboxylic acids is 1. The van der Waals surface area contributed by atoms with Crippen molar-refractivity contribution < 1.29 is 19.7 Å². The number of hydrogen-bond donors (Lipinski definition) is 1. The van der Waals surface area contributed by atoms with Crippen LogP contribution in [0.1, 0.15) is 64.7 Å². The summed E-state index contributed by atoms with van der Waals surface area (Å²) in [7, 11) is 0. The number of allylic oxidation sites excluding steroid dienone is 2. The van der Waals surface area contributed by atoms with Crippen molar-refractivity contribution in [1.29, 1.82) is 0 Å². The van der Waals surface area contributed by atoms with Gasteiger partial charge in [-0.2, -0.15) is 0 Å². The molecule has 0 saturated carbocycles. The molecule has 0 aliphatic carbocycles. The summed E-state index contributed by atoms with van der Waals surface area (Å²) in [6, 6.07) is 0. The number of epoxide rings is 1. The van der Waals surface area contributed by atoms with Crippen LogP contribution in [0.15, 0.2) is 36.5 Å². The van der Waals surface area contributed by atoms with Crippen LogP contribution in [0.25, 0.3) is 0 Å². The molecule has 1 fully saturated rings. The highest BCUT2D eigenvalue weighted by atomic mass is 16.6. The van der Waals surface area contributed by atoms with Crippen LogP contribution < -0.4 is 5.11 Å². The van der Waals surface area contributed by atoms with E-state index in [0.29, 0.717) is 19.3 Å². The van der Waals surface area contributed by atoms with Gasteiger partial charge < -0.3 is 19.7 Å². The molecule has 0 aromatic heterocycles. The van der Waals surface area contributed by atoms with Gasteiger partial charge in [0.1, 0.15) is 6.10 Å². The Morgan fingerprint density at radius 3 is 2.67 bits per heavy atom. The minimum Gasteiger partial charge on any atom is -0.550 e. The number of carbonyl (C=O) groups excluding carboxylic acids is 1. The first-order chi connectivity index (χ1) is 11.6. The highest BCUT2D eigenvalue weighted by Gasteiger charge is 2.34. The molecule has 4 nitrogen and oxygen atoms in total. The van der Waals surface area contributed by atoms with Gasteiger partial charge in [0.05, 0.1) is 12.2 Å². The van der Waals surface area contributed by atoms with Crippen molar-refractivity contribution >= 4 is 5.97 Å². The Hall–Kier alpha value is -1.39. The van der Waals surface area contributed by atoms with E-state index in [0.717, 1.165) is 12.8 Å². The maximum Gasteiger partial charge on any atom is 0.103 e. The zero-order valence-corrected chi connectivity index (χ0v) is 14.7. The Balaban J connectivity index is 2.04. The first kappa shape index (κ1) is 20.7. The standard InChI is InChI=1S/C20H32O4/c1-2-3-4-5-6-10-13-18-19(24-18)16-15-17(21)12-9-7-8-11-14-20(22)23/h6-7,9-10,15-19,21H,2-5,8,11-14H2,1H3,(H,22,23)/p-1/b9-7-,10-6-,16-15+/t17-,18+,19+/m1/s1. The molecule has 1 aliphatic rings. The van der Waals surface area contributed by atoms with E-state index in [1.165, 1.54) is 19.3 Å². The lowest BCUT2D eigenvalue weighted by molar-refractivity contribution is -0.305. The molecule has 0 spiro atoms. The van der Waals surface area contributed by atoms with E-state index in [1.807, 2.05) is 18.2 Å². The normalized spacial score (nSPS) is 21.9. The summed E-state index contributed by atoms with van der Waals surface area (Å²) in [6.45, 7) is 2.21. The van der Waals surface area contributed by atoms with Crippen LogP contribution in [0.2, 0.25) is 0 Å². The topological polar surface area (TPSA) is 72.9 Å². The van der Waals surface area contributed by atoms with Crippen molar-refractivity contribution in [2.75, 3.05) is 0 Å². The molecule has 0 aromatic carbocycles. The highest BCUT2D eigenvalue weighted by Crippen LogP contribution is 2.27. The second kappa shape index (κ2) is 13.0. The minimum atomic E-state index is -1.01. The second-order valence-electron chi connectivity index (χ2n) is 6.27. The molecule has 0 bridgehead atoms. The lowest BCUT2D eigenvalue weighted by Crippen LogP contribution is -2.21. The van der Waals surface area contributed by atoms with Crippen LogP contribution in [0.3, 0.4) is 0 Å². The molecule has 1 heterocycles. The minimum absolute atomic E-state index is 0.0836. The van der Waals surface area contributed by atoms with Crippen molar-refractivity contribution in [2.45, 2.75) is 83.0 Å². The largest absolute Gasteiger partial charge is 0.550 e. The van der Waals surface area contributed by atoms with Gasteiger partial charge in [0.2, 0.25) is 0 Å². The van der Waals surface area contributed by atoms with E-state index in [1.54, 1.807) is 6.08 Å². The monoisotopic (exact) mass is 335 g/mol. The summed E-state index contributed by atoms with van der Waals surface area (Å²) in [6.07, 6.45) is 19.6. The van der Waals surface area contributed by atoms with Gasteiger partial charge in [-0.1, -0.05) is 56.2 Å².